The third kappa shape index (κ3) is 8.69. The first-order chi connectivity index (χ1) is 14.9. The molecular weight excluding hydrogens is 472 g/mol. The summed E-state index contributed by atoms with van der Waals surface area (Å²) in [5, 5.41) is 3.01. The first-order valence-corrected chi connectivity index (χ1v) is 12.8. The molecule has 0 aromatic heterocycles. The molecule has 0 radical (unpaired) electrons. The molecule has 0 saturated carbocycles. The minimum absolute atomic E-state index is 0.00103. The molecule has 2 aromatic carbocycles. The Labute approximate surface area is 199 Å². The van der Waals surface area contributed by atoms with Gasteiger partial charge in [0, 0.05) is 23.3 Å². The van der Waals surface area contributed by atoms with E-state index in [1.54, 1.807) is 16.7 Å². The second-order valence-electron chi connectivity index (χ2n) is 7.70. The highest BCUT2D eigenvalue weighted by Gasteiger charge is 2.28. The smallest absolute Gasteiger partial charge is 0.242 e. The van der Waals surface area contributed by atoms with Gasteiger partial charge in [-0.25, -0.2) is 0 Å². The van der Waals surface area contributed by atoms with Crippen LogP contribution in [0.1, 0.15) is 49.8 Å². The Morgan fingerprint density at radius 2 is 1.84 bits per heavy atom. The third-order valence-corrected chi connectivity index (χ3v) is 6.58. The Morgan fingerprint density at radius 1 is 1.10 bits per heavy atom. The number of carbonyl (C=O) groups excluding carboxylic acids is 2. The highest BCUT2D eigenvalue weighted by Crippen LogP contribution is 2.19. The molecular formula is C25H33BrN2O2S. The summed E-state index contributed by atoms with van der Waals surface area (Å²) in [6.45, 7) is 7.20. The van der Waals surface area contributed by atoms with Crippen LogP contribution in [0.25, 0.3) is 0 Å². The molecule has 0 spiro atoms. The maximum atomic E-state index is 13.2. The number of amides is 2. The van der Waals surface area contributed by atoms with E-state index in [9.17, 15) is 9.59 Å². The first-order valence-electron chi connectivity index (χ1n) is 10.9. The minimum atomic E-state index is -0.460. The van der Waals surface area contributed by atoms with Gasteiger partial charge >= 0.3 is 0 Å². The number of hydrogen-bond donors (Lipinski definition) is 1. The molecule has 1 atom stereocenters. The number of aryl methyl sites for hydroxylation is 1. The zero-order valence-corrected chi connectivity index (χ0v) is 21.1. The standard InChI is InChI=1S/C25H33BrN2O2S/c1-4-6-14-27-25(30)23(5-2)28(16-21-9-7-8-19(3)15-21)24(29)18-31-17-20-10-12-22(26)13-11-20/h7-13,15,23H,4-6,14,16-18H2,1-3H3,(H,27,30)/t23-/m1/s1. The molecule has 0 fully saturated rings. The fraction of sp³-hybridized carbons (Fsp3) is 0.440. The Morgan fingerprint density at radius 3 is 2.48 bits per heavy atom. The highest BCUT2D eigenvalue weighted by molar-refractivity contribution is 9.10. The summed E-state index contributed by atoms with van der Waals surface area (Å²) in [7, 11) is 0. The zero-order chi connectivity index (χ0) is 22.6. The molecule has 31 heavy (non-hydrogen) atoms. The predicted molar refractivity (Wildman–Crippen MR) is 134 cm³/mol. The topological polar surface area (TPSA) is 49.4 Å². The quantitative estimate of drug-likeness (QED) is 0.376. The molecule has 0 unspecified atom stereocenters. The van der Waals surface area contributed by atoms with Crippen LogP contribution in [0.3, 0.4) is 0 Å². The van der Waals surface area contributed by atoms with Crippen LogP contribution in [0.2, 0.25) is 0 Å². The van der Waals surface area contributed by atoms with E-state index in [2.05, 4.69) is 46.4 Å². The van der Waals surface area contributed by atoms with Crippen LogP contribution in [-0.4, -0.2) is 35.1 Å². The third-order valence-electron chi connectivity index (χ3n) is 5.06. The summed E-state index contributed by atoms with van der Waals surface area (Å²) in [6, 6.07) is 15.8. The number of halogens is 1. The van der Waals surface area contributed by atoms with Crippen molar-refractivity contribution in [3.05, 3.63) is 69.7 Å². The lowest BCUT2D eigenvalue weighted by molar-refractivity contribution is -0.139. The van der Waals surface area contributed by atoms with Gasteiger partial charge in [-0.1, -0.05) is 78.2 Å². The average molecular weight is 506 g/mol. The van der Waals surface area contributed by atoms with E-state index in [1.165, 1.54) is 5.56 Å². The molecule has 168 valence electrons. The van der Waals surface area contributed by atoms with E-state index in [4.69, 9.17) is 0 Å². The monoisotopic (exact) mass is 504 g/mol. The van der Waals surface area contributed by atoms with Gasteiger partial charge in [0.05, 0.1) is 5.75 Å². The van der Waals surface area contributed by atoms with Gasteiger partial charge < -0.3 is 10.2 Å². The lowest BCUT2D eigenvalue weighted by atomic mass is 10.1. The second kappa shape index (κ2) is 13.6. The van der Waals surface area contributed by atoms with Gasteiger partial charge in [-0.3, -0.25) is 9.59 Å². The Hall–Kier alpha value is -1.79. The van der Waals surface area contributed by atoms with Gasteiger partial charge in [0.25, 0.3) is 0 Å². The summed E-state index contributed by atoms with van der Waals surface area (Å²) >= 11 is 5.03. The lowest BCUT2D eigenvalue weighted by Crippen LogP contribution is -2.49. The van der Waals surface area contributed by atoms with Gasteiger partial charge in [0.2, 0.25) is 11.8 Å². The zero-order valence-electron chi connectivity index (χ0n) is 18.7. The molecule has 0 aliphatic heterocycles. The molecule has 4 nitrogen and oxygen atoms in total. The summed E-state index contributed by atoms with van der Waals surface area (Å²) < 4.78 is 1.04. The predicted octanol–water partition coefficient (Wildman–Crippen LogP) is 5.71. The van der Waals surface area contributed by atoms with Crippen molar-refractivity contribution in [3.8, 4) is 0 Å². The van der Waals surface area contributed by atoms with E-state index in [0.29, 0.717) is 25.3 Å². The van der Waals surface area contributed by atoms with Crippen LogP contribution in [0.5, 0.6) is 0 Å². The molecule has 2 amide bonds. The average Bonchev–Trinajstić information content (AvgIpc) is 2.75. The van der Waals surface area contributed by atoms with Crippen molar-refractivity contribution < 1.29 is 9.59 Å². The number of unbranched alkanes of at least 4 members (excludes halogenated alkanes) is 1. The maximum Gasteiger partial charge on any atom is 0.242 e. The van der Waals surface area contributed by atoms with Crippen molar-refractivity contribution in [1.82, 2.24) is 10.2 Å². The number of carbonyl (C=O) groups is 2. The van der Waals surface area contributed by atoms with E-state index < -0.39 is 6.04 Å². The van der Waals surface area contributed by atoms with Gasteiger partial charge in [0.15, 0.2) is 0 Å². The fourth-order valence-corrected chi connectivity index (χ4v) is 4.49. The summed E-state index contributed by atoms with van der Waals surface area (Å²) in [5.41, 5.74) is 3.37. The SMILES string of the molecule is CCCCNC(=O)[C@@H](CC)N(Cc1cccc(C)c1)C(=O)CSCc1ccc(Br)cc1. The van der Waals surface area contributed by atoms with Crippen molar-refractivity contribution in [2.75, 3.05) is 12.3 Å². The van der Waals surface area contributed by atoms with Crippen molar-refractivity contribution in [2.24, 2.45) is 0 Å². The summed E-state index contributed by atoms with van der Waals surface area (Å²) in [4.78, 5) is 27.8. The van der Waals surface area contributed by atoms with Crippen LogP contribution in [0.15, 0.2) is 53.0 Å². The molecule has 0 saturated heterocycles. The number of rotatable bonds is 12. The highest BCUT2D eigenvalue weighted by atomic mass is 79.9. The molecule has 0 heterocycles. The van der Waals surface area contributed by atoms with Gasteiger partial charge in [-0.15, -0.1) is 11.8 Å². The lowest BCUT2D eigenvalue weighted by Gasteiger charge is -2.30. The molecule has 1 N–H and O–H groups in total. The van der Waals surface area contributed by atoms with Gasteiger partial charge in [-0.05, 0) is 43.0 Å². The number of thioether (sulfide) groups is 1. The van der Waals surface area contributed by atoms with E-state index in [0.717, 1.165) is 34.2 Å². The molecule has 6 heteroatoms. The first kappa shape index (κ1) is 25.5. The number of nitrogens with zero attached hydrogens (tertiary/aromatic N) is 1. The minimum Gasteiger partial charge on any atom is -0.354 e. The van der Waals surface area contributed by atoms with Crippen molar-refractivity contribution >= 4 is 39.5 Å². The Kier molecular flexibility index (Phi) is 11.2. The van der Waals surface area contributed by atoms with Crippen molar-refractivity contribution in [1.29, 1.82) is 0 Å². The summed E-state index contributed by atoms with van der Waals surface area (Å²) in [6.07, 6.45) is 2.56. The number of benzene rings is 2. The van der Waals surface area contributed by atoms with Gasteiger partial charge in [0.1, 0.15) is 6.04 Å². The van der Waals surface area contributed by atoms with Crippen LogP contribution in [0, 0.1) is 6.92 Å². The van der Waals surface area contributed by atoms with Crippen LogP contribution in [-0.2, 0) is 21.9 Å². The number of hydrogen-bond acceptors (Lipinski definition) is 3. The van der Waals surface area contributed by atoms with E-state index in [1.807, 2.05) is 44.2 Å². The van der Waals surface area contributed by atoms with E-state index >= 15 is 0 Å². The fourth-order valence-electron chi connectivity index (χ4n) is 3.35. The number of nitrogens with one attached hydrogen (secondary N) is 1. The van der Waals surface area contributed by atoms with Crippen molar-refractivity contribution in [2.45, 2.75) is 58.4 Å². The molecule has 0 aliphatic rings. The van der Waals surface area contributed by atoms with Crippen LogP contribution in [0.4, 0.5) is 0 Å². The molecule has 2 aromatic rings. The Bertz CT molecular complexity index is 842. The second-order valence-corrected chi connectivity index (χ2v) is 9.60. The summed E-state index contributed by atoms with van der Waals surface area (Å²) in [5.74, 6) is 1.05. The Balaban J connectivity index is 2.09. The molecule has 2 rings (SSSR count). The maximum absolute atomic E-state index is 13.2. The van der Waals surface area contributed by atoms with E-state index in [-0.39, 0.29) is 11.8 Å². The largest absolute Gasteiger partial charge is 0.354 e. The van der Waals surface area contributed by atoms with Crippen LogP contribution < -0.4 is 5.32 Å². The van der Waals surface area contributed by atoms with Gasteiger partial charge in [-0.2, -0.15) is 0 Å². The van der Waals surface area contributed by atoms with Crippen LogP contribution >= 0.6 is 27.7 Å². The molecule has 0 bridgehead atoms. The van der Waals surface area contributed by atoms with Crippen molar-refractivity contribution in [3.63, 3.8) is 0 Å². The normalized spacial score (nSPS) is 11.7. The molecule has 0 aliphatic carbocycles.